The number of hydrogen-bond acceptors (Lipinski definition) is 7. The molecule has 2 aromatic rings. The third-order valence-corrected chi connectivity index (χ3v) is 6.26. The molecular formula is C22H28N8O2. The normalized spacial score (nSPS) is 21.3. The Labute approximate surface area is 187 Å². The predicted molar refractivity (Wildman–Crippen MR) is 118 cm³/mol. The van der Waals surface area contributed by atoms with Crippen LogP contribution in [-0.4, -0.2) is 56.6 Å². The lowest BCUT2D eigenvalue weighted by Gasteiger charge is -2.20. The van der Waals surface area contributed by atoms with Gasteiger partial charge in [-0.3, -0.25) is 19.2 Å². The first kappa shape index (κ1) is 21.7. The lowest BCUT2D eigenvalue weighted by atomic mass is 9.83. The number of hydrogen-bond donors (Lipinski definition) is 1. The van der Waals surface area contributed by atoms with Gasteiger partial charge < -0.3 is 10.2 Å². The van der Waals surface area contributed by atoms with E-state index in [1.807, 2.05) is 10.9 Å². The Morgan fingerprint density at radius 3 is 2.94 bits per heavy atom. The molecule has 10 heteroatoms. The summed E-state index contributed by atoms with van der Waals surface area (Å²) in [6.45, 7) is 5.43. The van der Waals surface area contributed by atoms with Crippen molar-refractivity contribution in [2.75, 3.05) is 30.4 Å². The SMILES string of the molecule is CC(=O)N(C)CC(C)Cn1cc(Nc2nccc(N3CC[C@@](C#N)(C4CC4)C3=O)n2)cn1. The number of carbonyl (C=O) groups is 2. The van der Waals surface area contributed by atoms with Gasteiger partial charge in [0.05, 0.1) is 18.0 Å². The molecule has 10 nitrogen and oxygen atoms in total. The fraction of sp³-hybridized carbons (Fsp3) is 0.545. The monoisotopic (exact) mass is 436 g/mol. The van der Waals surface area contributed by atoms with Crippen molar-refractivity contribution >= 4 is 29.3 Å². The zero-order valence-electron chi connectivity index (χ0n) is 18.7. The van der Waals surface area contributed by atoms with Gasteiger partial charge in [-0.25, -0.2) is 4.98 Å². The van der Waals surface area contributed by atoms with Crippen molar-refractivity contribution in [1.29, 1.82) is 5.26 Å². The van der Waals surface area contributed by atoms with Crippen LogP contribution in [0.4, 0.5) is 17.5 Å². The summed E-state index contributed by atoms with van der Waals surface area (Å²) in [5, 5.41) is 17.2. The minimum absolute atomic E-state index is 0.0392. The summed E-state index contributed by atoms with van der Waals surface area (Å²) in [6, 6.07) is 3.99. The van der Waals surface area contributed by atoms with Crippen molar-refractivity contribution in [2.45, 2.75) is 39.7 Å². The van der Waals surface area contributed by atoms with Crippen molar-refractivity contribution in [3.8, 4) is 6.07 Å². The fourth-order valence-corrected chi connectivity index (χ4v) is 4.30. The molecule has 2 aliphatic rings. The molecule has 1 aliphatic heterocycles. The summed E-state index contributed by atoms with van der Waals surface area (Å²) >= 11 is 0. The maximum absolute atomic E-state index is 13.0. The van der Waals surface area contributed by atoms with E-state index in [1.54, 1.807) is 42.2 Å². The third kappa shape index (κ3) is 4.28. The molecule has 0 radical (unpaired) electrons. The van der Waals surface area contributed by atoms with E-state index in [0.29, 0.717) is 37.8 Å². The van der Waals surface area contributed by atoms with Crippen molar-refractivity contribution in [2.24, 2.45) is 17.3 Å². The first-order valence-electron chi connectivity index (χ1n) is 10.9. The Morgan fingerprint density at radius 2 is 2.25 bits per heavy atom. The van der Waals surface area contributed by atoms with Crippen LogP contribution in [0.1, 0.15) is 33.1 Å². The molecule has 2 fully saturated rings. The second-order valence-electron chi connectivity index (χ2n) is 8.88. The molecule has 1 unspecified atom stereocenters. The molecule has 168 valence electrons. The summed E-state index contributed by atoms with van der Waals surface area (Å²) in [4.78, 5) is 36.5. The molecule has 2 atom stereocenters. The zero-order chi connectivity index (χ0) is 22.9. The Bertz CT molecular complexity index is 1060. The summed E-state index contributed by atoms with van der Waals surface area (Å²) < 4.78 is 1.81. The van der Waals surface area contributed by atoms with Crippen LogP contribution in [0.5, 0.6) is 0 Å². The van der Waals surface area contributed by atoms with Gasteiger partial charge in [0.25, 0.3) is 0 Å². The second-order valence-corrected chi connectivity index (χ2v) is 8.88. The van der Waals surface area contributed by atoms with Crippen LogP contribution in [0.3, 0.4) is 0 Å². The smallest absolute Gasteiger partial charge is 0.248 e. The number of rotatable bonds is 8. The highest BCUT2D eigenvalue weighted by Gasteiger charge is 2.57. The molecule has 32 heavy (non-hydrogen) atoms. The highest BCUT2D eigenvalue weighted by atomic mass is 16.2. The van der Waals surface area contributed by atoms with Gasteiger partial charge in [-0.1, -0.05) is 6.92 Å². The molecular weight excluding hydrogens is 408 g/mol. The van der Waals surface area contributed by atoms with Gasteiger partial charge in [-0.2, -0.15) is 15.3 Å². The first-order valence-corrected chi connectivity index (χ1v) is 10.9. The third-order valence-electron chi connectivity index (χ3n) is 6.26. The maximum atomic E-state index is 13.0. The quantitative estimate of drug-likeness (QED) is 0.673. The number of nitriles is 1. The molecule has 1 aliphatic carbocycles. The Balaban J connectivity index is 1.40. The van der Waals surface area contributed by atoms with Crippen molar-refractivity contribution in [1.82, 2.24) is 24.6 Å². The average Bonchev–Trinajstić information content (AvgIpc) is 3.44. The van der Waals surface area contributed by atoms with E-state index >= 15 is 0 Å². The molecule has 1 N–H and O–H groups in total. The molecule has 2 aromatic heterocycles. The average molecular weight is 437 g/mol. The summed E-state index contributed by atoms with van der Waals surface area (Å²) in [5.41, 5.74) is -0.168. The van der Waals surface area contributed by atoms with E-state index in [9.17, 15) is 14.9 Å². The summed E-state index contributed by atoms with van der Waals surface area (Å²) in [6.07, 6.45) is 7.57. The maximum Gasteiger partial charge on any atom is 0.248 e. The molecule has 2 amide bonds. The van der Waals surface area contributed by atoms with Crippen LogP contribution in [0.2, 0.25) is 0 Å². The number of aromatic nitrogens is 4. The van der Waals surface area contributed by atoms with Crippen LogP contribution in [-0.2, 0) is 16.1 Å². The molecule has 0 aromatic carbocycles. The van der Waals surface area contributed by atoms with E-state index in [1.165, 1.54) is 0 Å². The van der Waals surface area contributed by atoms with Gasteiger partial charge in [0, 0.05) is 46.0 Å². The van der Waals surface area contributed by atoms with Crippen LogP contribution in [0, 0.1) is 28.6 Å². The molecule has 3 heterocycles. The largest absolute Gasteiger partial charge is 0.346 e. The Hall–Kier alpha value is -3.48. The number of amides is 2. The van der Waals surface area contributed by atoms with Gasteiger partial charge in [-0.15, -0.1) is 0 Å². The van der Waals surface area contributed by atoms with Crippen LogP contribution in [0.15, 0.2) is 24.7 Å². The molecule has 0 spiro atoms. The fourth-order valence-electron chi connectivity index (χ4n) is 4.30. The minimum atomic E-state index is -0.896. The lowest BCUT2D eigenvalue weighted by Crippen LogP contribution is -2.35. The standard InChI is InChI=1S/C22H28N8O2/c1-15(11-28(3)16(2)31)12-29-13-18(10-25-29)26-21-24-8-6-19(27-21)30-9-7-22(14-23,20(30)32)17-4-5-17/h6,8,10,13,15,17H,4-5,7,9,11-12H2,1-3H3,(H,24,26,27)/t15?,22-/m1/s1. The Kier molecular flexibility index (Phi) is 5.82. The van der Waals surface area contributed by atoms with Crippen LogP contribution in [0.25, 0.3) is 0 Å². The van der Waals surface area contributed by atoms with Gasteiger partial charge in [-0.05, 0) is 37.2 Å². The van der Waals surface area contributed by atoms with E-state index in [-0.39, 0.29) is 23.7 Å². The lowest BCUT2D eigenvalue weighted by molar-refractivity contribution is -0.128. The minimum Gasteiger partial charge on any atom is -0.346 e. The summed E-state index contributed by atoms with van der Waals surface area (Å²) in [7, 11) is 1.79. The van der Waals surface area contributed by atoms with Crippen LogP contribution >= 0.6 is 0 Å². The summed E-state index contributed by atoms with van der Waals surface area (Å²) in [5.74, 6) is 1.16. The number of carbonyl (C=O) groups excluding carboxylic acids is 2. The van der Waals surface area contributed by atoms with Crippen molar-refractivity contribution < 1.29 is 9.59 Å². The first-order chi connectivity index (χ1) is 15.3. The van der Waals surface area contributed by atoms with E-state index < -0.39 is 5.41 Å². The molecule has 0 bridgehead atoms. The van der Waals surface area contributed by atoms with Gasteiger partial charge in [0.1, 0.15) is 11.2 Å². The van der Waals surface area contributed by atoms with Gasteiger partial charge in [0.15, 0.2) is 0 Å². The molecule has 1 saturated carbocycles. The van der Waals surface area contributed by atoms with Gasteiger partial charge in [0.2, 0.25) is 17.8 Å². The van der Waals surface area contributed by atoms with Crippen molar-refractivity contribution in [3.63, 3.8) is 0 Å². The highest BCUT2D eigenvalue weighted by molar-refractivity contribution is 6.01. The number of nitrogens with one attached hydrogen (secondary N) is 1. The van der Waals surface area contributed by atoms with Crippen LogP contribution < -0.4 is 10.2 Å². The molecule has 1 saturated heterocycles. The van der Waals surface area contributed by atoms with E-state index in [0.717, 1.165) is 18.5 Å². The second kappa shape index (κ2) is 8.57. The van der Waals surface area contributed by atoms with Crippen molar-refractivity contribution in [3.05, 3.63) is 24.7 Å². The zero-order valence-corrected chi connectivity index (χ0v) is 18.7. The topological polar surface area (TPSA) is 120 Å². The predicted octanol–water partition coefficient (Wildman–Crippen LogP) is 2.19. The van der Waals surface area contributed by atoms with Gasteiger partial charge >= 0.3 is 0 Å². The molecule has 4 rings (SSSR count). The number of anilines is 3. The number of nitrogens with zero attached hydrogens (tertiary/aromatic N) is 7. The highest BCUT2D eigenvalue weighted by Crippen LogP contribution is 2.51. The Morgan fingerprint density at radius 1 is 1.47 bits per heavy atom. The van der Waals surface area contributed by atoms with E-state index in [4.69, 9.17) is 0 Å². The van der Waals surface area contributed by atoms with E-state index in [2.05, 4.69) is 33.4 Å².